The van der Waals surface area contributed by atoms with Gasteiger partial charge in [-0.15, -0.1) is 0 Å². The molecule has 0 unspecified atom stereocenters. The van der Waals surface area contributed by atoms with Crippen molar-refractivity contribution in [1.29, 1.82) is 0 Å². The Morgan fingerprint density at radius 2 is 1.67 bits per heavy atom. The topological polar surface area (TPSA) is 95.9 Å². The van der Waals surface area contributed by atoms with Gasteiger partial charge in [0.1, 0.15) is 18.7 Å². The number of hydrogen-bond acceptors (Lipinski definition) is 4. The fourth-order valence-corrected chi connectivity index (χ4v) is 4.96. The second-order valence-electron chi connectivity index (χ2n) is 9.18. The van der Waals surface area contributed by atoms with Crippen molar-refractivity contribution < 1.29 is 24.2 Å². The van der Waals surface area contributed by atoms with Crippen LogP contribution in [-0.4, -0.2) is 53.2 Å². The number of rotatable bonds is 7. The first-order valence-electron chi connectivity index (χ1n) is 11.5. The van der Waals surface area contributed by atoms with Crippen LogP contribution in [0.25, 0.3) is 11.1 Å². The molecule has 2 atom stereocenters. The van der Waals surface area contributed by atoms with Gasteiger partial charge >= 0.3 is 12.1 Å². The Morgan fingerprint density at radius 1 is 1.06 bits per heavy atom. The molecule has 0 aromatic heterocycles. The molecule has 1 aliphatic heterocycles. The zero-order chi connectivity index (χ0) is 23.5. The van der Waals surface area contributed by atoms with Crippen molar-refractivity contribution in [3.05, 3.63) is 59.7 Å². The number of nitrogens with one attached hydrogen (secondary N) is 1. The predicted molar refractivity (Wildman–Crippen MR) is 124 cm³/mol. The normalized spacial score (nSPS) is 18.0. The van der Waals surface area contributed by atoms with Gasteiger partial charge in [-0.3, -0.25) is 4.79 Å². The van der Waals surface area contributed by atoms with Crippen LogP contribution in [0.15, 0.2) is 48.5 Å². The number of carbonyl (C=O) groups excluding carboxylic acids is 2. The van der Waals surface area contributed by atoms with Crippen molar-refractivity contribution >= 4 is 18.0 Å². The predicted octanol–water partition coefficient (Wildman–Crippen LogP) is 4.02. The molecule has 2 aromatic rings. The summed E-state index contributed by atoms with van der Waals surface area (Å²) in [5, 5.41) is 12.1. The zero-order valence-corrected chi connectivity index (χ0v) is 19.0. The number of benzene rings is 2. The first-order chi connectivity index (χ1) is 15.9. The average molecular weight is 451 g/mol. The highest BCUT2D eigenvalue weighted by Gasteiger charge is 2.38. The molecule has 174 valence electrons. The van der Waals surface area contributed by atoms with Gasteiger partial charge in [-0.25, -0.2) is 9.59 Å². The van der Waals surface area contributed by atoms with E-state index in [-0.39, 0.29) is 24.3 Å². The summed E-state index contributed by atoms with van der Waals surface area (Å²) in [6.07, 6.45) is 0.816. The first kappa shape index (κ1) is 22.8. The second-order valence-corrected chi connectivity index (χ2v) is 9.18. The lowest BCUT2D eigenvalue weighted by Crippen LogP contribution is -2.52. The van der Waals surface area contributed by atoms with Gasteiger partial charge in [-0.05, 0) is 47.4 Å². The van der Waals surface area contributed by atoms with E-state index in [0.29, 0.717) is 25.8 Å². The van der Waals surface area contributed by atoms with E-state index in [2.05, 4.69) is 17.4 Å². The number of fused-ring (bicyclic) bond motifs is 3. The molecular formula is C26H30N2O5. The summed E-state index contributed by atoms with van der Waals surface area (Å²) in [6.45, 7) is 4.46. The molecule has 33 heavy (non-hydrogen) atoms. The van der Waals surface area contributed by atoms with Gasteiger partial charge in [0.05, 0.1) is 0 Å². The summed E-state index contributed by atoms with van der Waals surface area (Å²) in [5.41, 5.74) is 4.51. The Balaban J connectivity index is 1.44. The van der Waals surface area contributed by atoms with Gasteiger partial charge in [-0.2, -0.15) is 0 Å². The number of hydrogen-bond donors (Lipinski definition) is 2. The summed E-state index contributed by atoms with van der Waals surface area (Å²) in [5.74, 6) is -1.30. The number of carboxylic acid groups (broad SMARTS) is 1. The lowest BCUT2D eigenvalue weighted by molar-refractivity contribution is -0.149. The number of aliphatic carboxylic acids is 1. The lowest BCUT2D eigenvalue weighted by Gasteiger charge is -2.28. The number of alkyl carbamates (subject to hydrolysis) is 1. The number of likely N-dealkylation sites (tertiary alicyclic amines) is 1. The second kappa shape index (κ2) is 9.65. The van der Waals surface area contributed by atoms with Crippen LogP contribution in [0.4, 0.5) is 4.79 Å². The standard InChI is InChI=1S/C26H30N2O5/c1-16(2)14-22(24(29)28-13-7-12-23(28)25(30)31)27-26(32)33-15-21-19-10-5-3-8-17(19)18-9-4-6-11-20(18)21/h3-6,8-11,16,21-23H,7,12-15H2,1-2H3,(H,27,32)(H,30,31)/t22-,23-/m0/s1. The van der Waals surface area contributed by atoms with Gasteiger partial charge in [-0.1, -0.05) is 62.4 Å². The van der Waals surface area contributed by atoms with Crippen LogP contribution >= 0.6 is 0 Å². The van der Waals surface area contributed by atoms with E-state index in [1.165, 1.54) is 4.90 Å². The van der Waals surface area contributed by atoms with Gasteiger partial charge in [0.2, 0.25) is 5.91 Å². The van der Waals surface area contributed by atoms with E-state index in [4.69, 9.17) is 4.74 Å². The van der Waals surface area contributed by atoms with Crippen LogP contribution in [0.1, 0.15) is 50.2 Å². The van der Waals surface area contributed by atoms with Gasteiger partial charge in [0, 0.05) is 12.5 Å². The minimum Gasteiger partial charge on any atom is -0.480 e. The van der Waals surface area contributed by atoms with Gasteiger partial charge < -0.3 is 20.1 Å². The molecule has 2 aliphatic rings. The van der Waals surface area contributed by atoms with E-state index < -0.39 is 24.1 Å². The zero-order valence-electron chi connectivity index (χ0n) is 19.0. The molecular weight excluding hydrogens is 420 g/mol. The maximum atomic E-state index is 13.1. The Morgan fingerprint density at radius 3 is 2.24 bits per heavy atom. The van der Waals surface area contributed by atoms with Crippen molar-refractivity contribution in [2.75, 3.05) is 13.2 Å². The minimum atomic E-state index is -1.01. The van der Waals surface area contributed by atoms with Crippen LogP contribution in [0.5, 0.6) is 0 Å². The third-order valence-electron chi connectivity index (χ3n) is 6.46. The Bertz CT molecular complexity index is 1000. The molecule has 0 spiro atoms. The molecule has 4 rings (SSSR count). The fourth-order valence-electron chi connectivity index (χ4n) is 4.96. The fraction of sp³-hybridized carbons (Fsp3) is 0.423. The molecule has 7 heteroatoms. The van der Waals surface area contributed by atoms with Gasteiger partial charge in [0.15, 0.2) is 0 Å². The molecule has 7 nitrogen and oxygen atoms in total. The number of nitrogens with zero attached hydrogens (tertiary/aromatic N) is 1. The van der Waals surface area contributed by atoms with Crippen LogP contribution in [0, 0.1) is 5.92 Å². The molecule has 1 saturated heterocycles. The quantitative estimate of drug-likeness (QED) is 0.664. The monoisotopic (exact) mass is 450 g/mol. The molecule has 2 N–H and O–H groups in total. The SMILES string of the molecule is CC(C)C[C@H](NC(=O)OCC1c2ccccc2-c2ccccc21)C(=O)N1CCC[C@H]1C(=O)O. The van der Waals surface area contributed by atoms with Crippen LogP contribution in [-0.2, 0) is 14.3 Å². The maximum absolute atomic E-state index is 13.1. The smallest absolute Gasteiger partial charge is 0.407 e. The Labute approximate surface area is 193 Å². The molecule has 0 saturated carbocycles. The van der Waals surface area contributed by atoms with Crippen LogP contribution in [0.3, 0.4) is 0 Å². The lowest BCUT2D eigenvalue weighted by atomic mass is 9.98. The van der Waals surface area contributed by atoms with E-state index in [1.54, 1.807) is 0 Å². The van der Waals surface area contributed by atoms with Gasteiger partial charge in [0.25, 0.3) is 0 Å². The Kier molecular flexibility index (Phi) is 6.67. The molecule has 1 fully saturated rings. The van der Waals surface area contributed by atoms with Crippen molar-refractivity contribution in [2.45, 2.75) is 51.1 Å². The van der Waals surface area contributed by atoms with E-state index in [9.17, 15) is 19.5 Å². The summed E-state index contributed by atoms with van der Waals surface area (Å²) < 4.78 is 5.60. The molecule has 2 aromatic carbocycles. The summed E-state index contributed by atoms with van der Waals surface area (Å²) in [4.78, 5) is 38.7. The highest BCUT2D eigenvalue weighted by atomic mass is 16.5. The third-order valence-corrected chi connectivity index (χ3v) is 6.46. The van der Waals surface area contributed by atoms with E-state index >= 15 is 0 Å². The molecule has 0 radical (unpaired) electrons. The highest BCUT2D eigenvalue weighted by Crippen LogP contribution is 2.44. The number of carbonyl (C=O) groups is 3. The van der Waals surface area contributed by atoms with Crippen molar-refractivity contribution in [2.24, 2.45) is 5.92 Å². The Hall–Kier alpha value is -3.35. The van der Waals surface area contributed by atoms with Crippen molar-refractivity contribution in [1.82, 2.24) is 10.2 Å². The molecule has 1 aliphatic carbocycles. The van der Waals surface area contributed by atoms with Crippen LogP contribution < -0.4 is 5.32 Å². The molecule has 1 heterocycles. The minimum absolute atomic E-state index is 0.0719. The highest BCUT2D eigenvalue weighted by molar-refractivity contribution is 5.89. The maximum Gasteiger partial charge on any atom is 0.407 e. The number of amides is 2. The molecule has 2 amide bonds. The van der Waals surface area contributed by atoms with E-state index in [0.717, 1.165) is 22.3 Å². The summed E-state index contributed by atoms with van der Waals surface area (Å²) in [6, 6.07) is 14.5. The molecule has 0 bridgehead atoms. The average Bonchev–Trinajstić information content (AvgIpc) is 3.40. The van der Waals surface area contributed by atoms with Crippen molar-refractivity contribution in [3.63, 3.8) is 0 Å². The summed E-state index contributed by atoms with van der Waals surface area (Å²) in [7, 11) is 0. The van der Waals surface area contributed by atoms with Crippen LogP contribution in [0.2, 0.25) is 0 Å². The summed E-state index contributed by atoms with van der Waals surface area (Å²) >= 11 is 0. The van der Waals surface area contributed by atoms with E-state index in [1.807, 2.05) is 50.2 Å². The largest absolute Gasteiger partial charge is 0.480 e. The number of ether oxygens (including phenoxy) is 1. The third kappa shape index (κ3) is 4.72. The first-order valence-corrected chi connectivity index (χ1v) is 11.5. The van der Waals surface area contributed by atoms with Crippen molar-refractivity contribution in [3.8, 4) is 11.1 Å². The number of carboxylic acids is 1.